The first-order valence-electron chi connectivity index (χ1n) is 5.69. The molecule has 1 aromatic carbocycles. The van der Waals surface area contributed by atoms with E-state index in [0.717, 1.165) is 11.8 Å². The molecule has 22 heavy (non-hydrogen) atoms. The fourth-order valence-corrected chi connectivity index (χ4v) is 2.42. The summed E-state index contributed by atoms with van der Waals surface area (Å²) in [6.07, 6.45) is 0. The molecule has 1 heterocycles. The van der Waals surface area contributed by atoms with Gasteiger partial charge in [-0.1, -0.05) is 16.9 Å². The number of nitrogens with zero attached hydrogens (tertiary/aromatic N) is 3. The van der Waals surface area contributed by atoms with Crippen LogP contribution in [0, 0.1) is 5.82 Å². The van der Waals surface area contributed by atoms with Crippen LogP contribution >= 0.6 is 27.7 Å². The van der Waals surface area contributed by atoms with E-state index < -0.39 is 11.7 Å². The molecule has 0 saturated heterocycles. The van der Waals surface area contributed by atoms with Crippen molar-refractivity contribution in [2.75, 3.05) is 11.1 Å². The third kappa shape index (κ3) is 3.95. The molecule has 0 aliphatic heterocycles. The van der Waals surface area contributed by atoms with Gasteiger partial charge in [0.1, 0.15) is 5.82 Å². The molecule has 11 heteroatoms. The van der Waals surface area contributed by atoms with Crippen molar-refractivity contribution < 1.29 is 19.0 Å². The summed E-state index contributed by atoms with van der Waals surface area (Å²) in [6.45, 7) is 0. The summed E-state index contributed by atoms with van der Waals surface area (Å²) in [5, 5.41) is 22.3. The van der Waals surface area contributed by atoms with Crippen molar-refractivity contribution in [3.63, 3.8) is 0 Å². The zero-order valence-corrected chi connectivity index (χ0v) is 13.2. The molecule has 0 bridgehead atoms. The summed E-state index contributed by atoms with van der Waals surface area (Å²) in [4.78, 5) is 10.8. The maximum Gasteiger partial charge on any atom is 0.227 e. The third-order valence-corrected chi connectivity index (χ3v) is 3.89. The van der Waals surface area contributed by atoms with E-state index in [9.17, 15) is 9.18 Å². The van der Waals surface area contributed by atoms with Gasteiger partial charge in [-0.05, 0) is 44.4 Å². The molecule has 4 N–H and O–H groups in total. The highest BCUT2D eigenvalue weighted by Crippen LogP contribution is 2.23. The Morgan fingerprint density at radius 2 is 2.32 bits per heavy atom. The molecule has 0 fully saturated rings. The second-order valence-electron chi connectivity index (χ2n) is 3.88. The van der Waals surface area contributed by atoms with Crippen LogP contribution in [0.15, 0.2) is 37.5 Å². The van der Waals surface area contributed by atoms with Gasteiger partial charge in [0.15, 0.2) is 10.7 Å². The molecule has 116 valence electrons. The maximum atomic E-state index is 13.2. The second kappa shape index (κ2) is 7.22. The normalized spacial score (nSPS) is 11.5. The number of carbonyl (C=O) groups is 1. The Bertz CT molecular complexity index is 724. The molecular formula is C11H9BrFN5O3S. The Hall–Kier alpha value is -2.14. The van der Waals surface area contributed by atoms with E-state index in [4.69, 9.17) is 10.9 Å². The average molecular weight is 390 g/mol. The lowest BCUT2D eigenvalue weighted by molar-refractivity contribution is -0.115. The minimum Gasteiger partial charge on any atom is -0.409 e. The molecule has 0 aliphatic carbocycles. The fraction of sp³-hybridized carbons (Fsp3) is 0.0909. The topological polar surface area (TPSA) is 127 Å². The summed E-state index contributed by atoms with van der Waals surface area (Å²) in [7, 11) is 0. The van der Waals surface area contributed by atoms with Crippen molar-refractivity contribution in [2.45, 2.75) is 5.03 Å². The van der Waals surface area contributed by atoms with Crippen LogP contribution in [0.5, 0.6) is 0 Å². The summed E-state index contributed by atoms with van der Waals surface area (Å²) in [5.74, 6) is -1.10. The number of nitrogens with two attached hydrogens (primary N) is 1. The average Bonchev–Trinajstić information content (AvgIpc) is 2.94. The molecule has 0 unspecified atom stereocenters. The smallest absolute Gasteiger partial charge is 0.227 e. The van der Waals surface area contributed by atoms with Gasteiger partial charge in [-0.2, -0.15) is 0 Å². The summed E-state index contributed by atoms with van der Waals surface area (Å²) in [6, 6.07) is 4.12. The van der Waals surface area contributed by atoms with Gasteiger partial charge in [0, 0.05) is 5.69 Å². The van der Waals surface area contributed by atoms with E-state index in [1.807, 2.05) is 0 Å². The number of hydrogen-bond donors (Lipinski definition) is 3. The van der Waals surface area contributed by atoms with Gasteiger partial charge in [0.25, 0.3) is 0 Å². The molecule has 1 amide bonds. The molecule has 0 radical (unpaired) electrons. The Morgan fingerprint density at radius 1 is 1.55 bits per heavy atom. The van der Waals surface area contributed by atoms with Crippen LogP contribution in [-0.4, -0.2) is 33.0 Å². The number of rotatable bonds is 5. The quantitative estimate of drug-likeness (QED) is 0.234. The number of nitrogens with one attached hydrogen (secondary N) is 1. The van der Waals surface area contributed by atoms with Crippen LogP contribution in [0.3, 0.4) is 0 Å². The number of oxime groups is 1. The first-order chi connectivity index (χ1) is 10.5. The minimum atomic E-state index is -0.545. The number of hydrogen-bond acceptors (Lipinski definition) is 7. The van der Waals surface area contributed by atoms with E-state index in [2.05, 4.69) is 41.3 Å². The molecule has 0 aliphatic rings. The van der Waals surface area contributed by atoms with E-state index in [1.54, 1.807) is 0 Å². The highest BCUT2D eigenvalue weighted by atomic mass is 79.9. The number of aromatic nitrogens is 2. The van der Waals surface area contributed by atoms with Gasteiger partial charge in [-0.25, -0.2) is 9.02 Å². The van der Waals surface area contributed by atoms with Crippen molar-refractivity contribution in [3.05, 3.63) is 34.2 Å². The molecule has 0 spiro atoms. The van der Waals surface area contributed by atoms with Crippen LogP contribution < -0.4 is 11.1 Å². The molecule has 0 saturated carbocycles. The molecule has 2 aromatic rings. The Morgan fingerprint density at radius 3 is 2.95 bits per heavy atom. The summed E-state index contributed by atoms with van der Waals surface area (Å²) in [5.41, 5.74) is 5.58. The lowest BCUT2D eigenvalue weighted by Gasteiger charge is -2.07. The van der Waals surface area contributed by atoms with Crippen LogP contribution in [0.25, 0.3) is 0 Å². The highest BCUT2D eigenvalue weighted by molar-refractivity contribution is 9.10. The first-order valence-corrected chi connectivity index (χ1v) is 7.47. The molecule has 0 atom stereocenters. The van der Waals surface area contributed by atoms with Crippen LogP contribution in [0.1, 0.15) is 5.69 Å². The molecule has 8 nitrogen and oxygen atoms in total. The predicted molar refractivity (Wildman–Crippen MR) is 80.3 cm³/mol. The van der Waals surface area contributed by atoms with Gasteiger partial charge in [0.2, 0.25) is 11.7 Å². The largest absolute Gasteiger partial charge is 0.409 e. The van der Waals surface area contributed by atoms with Gasteiger partial charge in [-0.15, -0.1) is 0 Å². The summed E-state index contributed by atoms with van der Waals surface area (Å²) >= 11 is 4.02. The Kier molecular flexibility index (Phi) is 5.33. The molecule has 2 rings (SSSR count). The van der Waals surface area contributed by atoms with E-state index in [0.29, 0.717) is 5.69 Å². The molecule has 1 aromatic heterocycles. The number of primary amides is 1. The number of benzene rings is 1. The second-order valence-corrected chi connectivity index (χ2v) is 5.69. The van der Waals surface area contributed by atoms with Gasteiger partial charge in [-0.3, -0.25) is 4.79 Å². The fourth-order valence-electron chi connectivity index (χ4n) is 1.40. The van der Waals surface area contributed by atoms with Gasteiger partial charge < -0.3 is 16.3 Å². The highest BCUT2D eigenvalue weighted by Gasteiger charge is 2.19. The predicted octanol–water partition coefficient (Wildman–Crippen LogP) is 1.80. The third-order valence-electron chi connectivity index (χ3n) is 2.32. The lowest BCUT2D eigenvalue weighted by Crippen LogP contribution is -2.16. The van der Waals surface area contributed by atoms with E-state index >= 15 is 0 Å². The maximum absolute atomic E-state index is 13.2. The van der Waals surface area contributed by atoms with Crippen molar-refractivity contribution in [3.8, 4) is 0 Å². The number of amides is 1. The standard InChI is InChI=1S/C11H9BrFN5O3S/c12-6-3-5(1-2-7(6)13)15-10(16-20)9-11(18-21-17-9)22-4-8(14)19/h1-3,20H,4H2,(H2,14,19)(H,15,16). The number of carbonyl (C=O) groups excluding carboxylic acids is 1. The first kappa shape index (κ1) is 16.2. The minimum absolute atomic E-state index is 0.0397. The van der Waals surface area contributed by atoms with Crippen molar-refractivity contribution in [2.24, 2.45) is 10.9 Å². The van der Waals surface area contributed by atoms with Gasteiger partial charge >= 0.3 is 0 Å². The van der Waals surface area contributed by atoms with Crippen molar-refractivity contribution in [1.82, 2.24) is 10.3 Å². The van der Waals surface area contributed by atoms with Crippen LogP contribution in [0.4, 0.5) is 10.1 Å². The van der Waals surface area contributed by atoms with E-state index in [-0.39, 0.29) is 26.8 Å². The number of halogens is 2. The van der Waals surface area contributed by atoms with Gasteiger partial charge in [0.05, 0.1) is 10.2 Å². The van der Waals surface area contributed by atoms with Crippen molar-refractivity contribution >= 4 is 45.1 Å². The Labute approximate surface area is 136 Å². The number of amidine groups is 1. The monoisotopic (exact) mass is 389 g/mol. The van der Waals surface area contributed by atoms with Crippen LogP contribution in [-0.2, 0) is 4.79 Å². The SMILES string of the molecule is NC(=O)CSc1nonc1/C(=N/O)Nc1ccc(F)c(Br)c1. The molecular weight excluding hydrogens is 381 g/mol. The lowest BCUT2D eigenvalue weighted by atomic mass is 10.3. The van der Waals surface area contributed by atoms with E-state index in [1.165, 1.54) is 18.2 Å². The number of thioether (sulfide) groups is 1. The van der Waals surface area contributed by atoms with Crippen LogP contribution in [0.2, 0.25) is 0 Å². The number of anilines is 1. The zero-order chi connectivity index (χ0) is 16.1. The Balaban J connectivity index is 2.20. The zero-order valence-electron chi connectivity index (χ0n) is 10.8. The van der Waals surface area contributed by atoms with Crippen molar-refractivity contribution in [1.29, 1.82) is 0 Å². The summed E-state index contributed by atoms with van der Waals surface area (Å²) < 4.78 is 18.0.